The largest absolute Gasteiger partial charge is 0.497 e. The van der Waals surface area contributed by atoms with Crippen molar-refractivity contribution in [3.05, 3.63) is 70.4 Å². The highest BCUT2D eigenvalue weighted by atomic mass is 16.5. The molecule has 0 bridgehead atoms. The first-order valence-corrected chi connectivity index (χ1v) is 9.31. The van der Waals surface area contributed by atoms with E-state index in [4.69, 9.17) is 11.2 Å². The first kappa shape index (κ1) is 18.1. The lowest BCUT2D eigenvalue weighted by molar-refractivity contribution is 0.0930. The van der Waals surface area contributed by atoms with Gasteiger partial charge in [0, 0.05) is 22.2 Å². The lowest BCUT2D eigenvalue weighted by Crippen LogP contribution is -2.35. The molecule has 0 radical (unpaired) electrons. The van der Waals surface area contributed by atoms with Crippen molar-refractivity contribution in [3.63, 3.8) is 0 Å². The third kappa shape index (κ3) is 3.10. The zero-order chi connectivity index (χ0) is 19.9. The molecule has 0 aliphatic heterocycles. The molecule has 0 unspecified atom stereocenters. The van der Waals surface area contributed by atoms with E-state index in [1.165, 1.54) is 0 Å². The Labute approximate surface area is 164 Å². The predicted molar refractivity (Wildman–Crippen MR) is 111 cm³/mol. The lowest BCUT2D eigenvalue weighted by atomic mass is 9.95. The van der Waals surface area contributed by atoms with E-state index >= 15 is 0 Å². The van der Waals surface area contributed by atoms with Gasteiger partial charge in [-0.05, 0) is 68.1 Å². The van der Waals surface area contributed by atoms with Crippen LogP contribution in [0, 0.1) is 26.2 Å². The second kappa shape index (κ2) is 6.69. The number of nitrogens with zero attached hydrogens (tertiary/aromatic N) is 1. The number of rotatable bonds is 4. The number of amides is 1. The molecule has 2 aromatic carbocycles. The van der Waals surface area contributed by atoms with Crippen molar-refractivity contribution in [3.8, 4) is 18.1 Å². The van der Waals surface area contributed by atoms with Crippen LogP contribution >= 0.6 is 0 Å². The van der Waals surface area contributed by atoms with Crippen LogP contribution in [0.4, 0.5) is 0 Å². The van der Waals surface area contributed by atoms with E-state index in [0.717, 1.165) is 46.1 Å². The Balaban J connectivity index is 1.76. The summed E-state index contributed by atoms with van der Waals surface area (Å²) in [4.78, 5) is 17.7. The molecule has 3 aromatic rings. The van der Waals surface area contributed by atoms with E-state index in [1.54, 1.807) is 13.2 Å². The number of fused-ring (bicyclic) bond motifs is 1. The molecule has 4 nitrogen and oxygen atoms in total. The number of aryl methyl sites for hydroxylation is 2. The van der Waals surface area contributed by atoms with Crippen molar-refractivity contribution in [1.82, 2.24) is 10.3 Å². The van der Waals surface area contributed by atoms with E-state index in [1.807, 2.05) is 44.2 Å². The van der Waals surface area contributed by atoms with E-state index in [0.29, 0.717) is 11.3 Å². The maximum Gasteiger partial charge on any atom is 0.252 e. The van der Waals surface area contributed by atoms with Crippen LogP contribution < -0.4 is 10.1 Å². The predicted octanol–water partition coefficient (Wildman–Crippen LogP) is 4.26. The highest BCUT2D eigenvalue weighted by molar-refractivity contribution is 5.97. The molecular formula is C24H22N2O2. The van der Waals surface area contributed by atoms with Gasteiger partial charge in [-0.3, -0.25) is 9.78 Å². The van der Waals surface area contributed by atoms with Crippen LogP contribution in [-0.4, -0.2) is 18.0 Å². The van der Waals surface area contributed by atoms with Gasteiger partial charge >= 0.3 is 0 Å². The fourth-order valence-corrected chi connectivity index (χ4v) is 3.66. The Kier molecular flexibility index (Phi) is 4.31. The standard InChI is InChI=1S/C24H22N2O2/c1-5-17-12-21(19-9-7-16(3)25-22(19)13-17)24(10-11-24)26-23(27)20-14-18(28-4)8-6-15(20)2/h1,6-9,12-14H,10-11H2,2-4H3,(H,26,27). The number of terminal acetylenes is 1. The van der Waals surface area contributed by atoms with Gasteiger partial charge in [0.25, 0.3) is 5.91 Å². The van der Waals surface area contributed by atoms with Crippen LogP contribution in [0.5, 0.6) is 5.75 Å². The van der Waals surface area contributed by atoms with Crippen LogP contribution in [-0.2, 0) is 5.54 Å². The molecule has 1 saturated carbocycles. The minimum absolute atomic E-state index is 0.103. The topological polar surface area (TPSA) is 51.2 Å². The summed E-state index contributed by atoms with van der Waals surface area (Å²) in [6.45, 7) is 3.89. The molecule has 1 aliphatic carbocycles. The third-order valence-corrected chi connectivity index (χ3v) is 5.42. The smallest absolute Gasteiger partial charge is 0.252 e. The van der Waals surface area contributed by atoms with E-state index in [-0.39, 0.29) is 5.91 Å². The normalized spacial score (nSPS) is 14.4. The monoisotopic (exact) mass is 370 g/mol. The summed E-state index contributed by atoms with van der Waals surface area (Å²) in [6.07, 6.45) is 7.42. The molecule has 1 amide bonds. The number of carbonyl (C=O) groups is 1. The van der Waals surface area contributed by atoms with Crippen molar-refractivity contribution in [2.45, 2.75) is 32.2 Å². The Morgan fingerprint density at radius 3 is 2.64 bits per heavy atom. The van der Waals surface area contributed by atoms with Gasteiger partial charge in [-0.1, -0.05) is 18.1 Å². The lowest BCUT2D eigenvalue weighted by Gasteiger charge is -2.21. The van der Waals surface area contributed by atoms with Crippen molar-refractivity contribution < 1.29 is 9.53 Å². The minimum atomic E-state index is -0.408. The molecule has 4 heteroatoms. The van der Waals surface area contributed by atoms with Crippen LogP contribution in [0.2, 0.25) is 0 Å². The van der Waals surface area contributed by atoms with Crippen molar-refractivity contribution in [1.29, 1.82) is 0 Å². The SMILES string of the molecule is C#Cc1cc(C2(NC(=O)c3cc(OC)ccc3C)CC2)c2ccc(C)nc2c1. The number of ether oxygens (including phenoxy) is 1. The molecule has 1 fully saturated rings. The van der Waals surface area contributed by atoms with Gasteiger partial charge in [-0.2, -0.15) is 0 Å². The molecular weight excluding hydrogens is 348 g/mol. The molecule has 1 N–H and O–H groups in total. The van der Waals surface area contributed by atoms with Gasteiger partial charge in [0.15, 0.2) is 0 Å². The van der Waals surface area contributed by atoms with E-state index < -0.39 is 5.54 Å². The summed E-state index contributed by atoms with van der Waals surface area (Å²) < 4.78 is 5.28. The summed E-state index contributed by atoms with van der Waals surface area (Å²) in [5.41, 5.74) is 4.75. The van der Waals surface area contributed by atoms with Crippen LogP contribution in [0.1, 0.15) is 45.6 Å². The number of nitrogens with one attached hydrogen (secondary N) is 1. The maximum absolute atomic E-state index is 13.1. The molecule has 1 heterocycles. The summed E-state index contributed by atoms with van der Waals surface area (Å²) in [5.74, 6) is 3.28. The van der Waals surface area contributed by atoms with Gasteiger partial charge in [-0.15, -0.1) is 6.42 Å². The number of carbonyl (C=O) groups excluding carboxylic acids is 1. The highest BCUT2D eigenvalue weighted by Gasteiger charge is 2.47. The van der Waals surface area contributed by atoms with Crippen molar-refractivity contribution in [2.75, 3.05) is 7.11 Å². The zero-order valence-corrected chi connectivity index (χ0v) is 16.3. The Morgan fingerprint density at radius 2 is 1.96 bits per heavy atom. The first-order valence-electron chi connectivity index (χ1n) is 9.31. The molecule has 4 rings (SSSR count). The number of benzene rings is 2. The fraction of sp³-hybridized carbons (Fsp3) is 0.250. The van der Waals surface area contributed by atoms with Crippen LogP contribution in [0.3, 0.4) is 0 Å². The number of aromatic nitrogens is 1. The fourth-order valence-electron chi connectivity index (χ4n) is 3.66. The molecule has 0 spiro atoms. The van der Waals surface area contributed by atoms with E-state index in [9.17, 15) is 4.79 Å². The minimum Gasteiger partial charge on any atom is -0.497 e. The number of hydrogen-bond donors (Lipinski definition) is 1. The average Bonchev–Trinajstić information content (AvgIpc) is 3.47. The van der Waals surface area contributed by atoms with Crippen molar-refractivity contribution in [2.24, 2.45) is 0 Å². The Hall–Kier alpha value is -3.32. The first-order chi connectivity index (χ1) is 13.5. The summed E-state index contributed by atoms with van der Waals surface area (Å²) in [5, 5.41) is 4.29. The van der Waals surface area contributed by atoms with Crippen molar-refractivity contribution >= 4 is 16.8 Å². The van der Waals surface area contributed by atoms with E-state index in [2.05, 4.69) is 22.3 Å². The second-order valence-electron chi connectivity index (χ2n) is 7.40. The van der Waals surface area contributed by atoms with Gasteiger partial charge in [0.2, 0.25) is 0 Å². The molecule has 1 aliphatic rings. The molecule has 1 aromatic heterocycles. The van der Waals surface area contributed by atoms with Gasteiger partial charge in [0.05, 0.1) is 18.2 Å². The van der Waals surface area contributed by atoms with Crippen LogP contribution in [0.15, 0.2) is 42.5 Å². The Morgan fingerprint density at radius 1 is 1.18 bits per heavy atom. The second-order valence-corrected chi connectivity index (χ2v) is 7.40. The number of methoxy groups -OCH3 is 1. The quantitative estimate of drug-likeness (QED) is 0.698. The van der Waals surface area contributed by atoms with Gasteiger partial charge in [0.1, 0.15) is 5.75 Å². The zero-order valence-electron chi connectivity index (χ0n) is 16.3. The number of pyridine rings is 1. The maximum atomic E-state index is 13.1. The summed E-state index contributed by atoms with van der Waals surface area (Å²) >= 11 is 0. The Bertz CT molecular complexity index is 1140. The molecule has 28 heavy (non-hydrogen) atoms. The number of hydrogen-bond acceptors (Lipinski definition) is 3. The highest BCUT2D eigenvalue weighted by Crippen LogP contribution is 2.48. The van der Waals surface area contributed by atoms with Gasteiger partial charge in [-0.25, -0.2) is 0 Å². The summed E-state index contributed by atoms with van der Waals surface area (Å²) in [6, 6.07) is 13.5. The average molecular weight is 370 g/mol. The molecule has 140 valence electrons. The molecule has 0 saturated heterocycles. The van der Waals surface area contributed by atoms with Gasteiger partial charge < -0.3 is 10.1 Å². The molecule has 0 atom stereocenters. The third-order valence-electron chi connectivity index (χ3n) is 5.42. The van der Waals surface area contributed by atoms with Crippen LogP contribution in [0.25, 0.3) is 10.9 Å². The summed E-state index contributed by atoms with van der Waals surface area (Å²) in [7, 11) is 1.60.